The summed E-state index contributed by atoms with van der Waals surface area (Å²) in [6, 6.07) is 23.4. The van der Waals surface area contributed by atoms with Crippen LogP contribution in [-0.4, -0.2) is 5.97 Å². The van der Waals surface area contributed by atoms with Crippen molar-refractivity contribution < 1.29 is 14.2 Å². The third-order valence-corrected chi connectivity index (χ3v) is 3.97. The summed E-state index contributed by atoms with van der Waals surface area (Å²) in [6.45, 7) is 7.88. The van der Waals surface area contributed by atoms with Gasteiger partial charge in [-0.25, -0.2) is 0 Å². The van der Waals surface area contributed by atoms with E-state index in [9.17, 15) is 0 Å². The molecule has 0 heterocycles. The summed E-state index contributed by atoms with van der Waals surface area (Å²) < 4.78 is 18.2. The highest BCUT2D eigenvalue weighted by Gasteiger charge is 2.32. The largest absolute Gasteiger partial charge is 0.421 e. The third kappa shape index (κ3) is 4.79. The van der Waals surface area contributed by atoms with E-state index in [0.29, 0.717) is 17.2 Å². The second kappa shape index (κ2) is 7.52. The molecule has 0 atom stereocenters. The molecular formula is C23H24O3. The Labute approximate surface area is 155 Å². The molecule has 0 unspecified atom stereocenters. The van der Waals surface area contributed by atoms with Gasteiger partial charge in [0, 0.05) is 0 Å². The van der Waals surface area contributed by atoms with Crippen LogP contribution < -0.4 is 14.2 Å². The number of benzene rings is 3. The highest BCUT2D eigenvalue weighted by Crippen LogP contribution is 2.27. The highest BCUT2D eigenvalue weighted by atomic mass is 16.9. The monoisotopic (exact) mass is 348 g/mol. The van der Waals surface area contributed by atoms with Gasteiger partial charge in [-0.1, -0.05) is 53.1 Å². The molecule has 3 heteroatoms. The van der Waals surface area contributed by atoms with Crippen molar-refractivity contribution in [2.45, 2.75) is 33.7 Å². The fourth-order valence-electron chi connectivity index (χ4n) is 2.52. The number of hydrogen-bond donors (Lipinski definition) is 0. The quantitative estimate of drug-likeness (QED) is 0.525. The molecule has 0 bridgehead atoms. The Balaban J connectivity index is 1.86. The van der Waals surface area contributed by atoms with E-state index >= 15 is 0 Å². The van der Waals surface area contributed by atoms with Gasteiger partial charge in [-0.3, -0.25) is 0 Å². The van der Waals surface area contributed by atoms with E-state index in [1.807, 2.05) is 93.6 Å². The molecular weight excluding hydrogens is 324 g/mol. The van der Waals surface area contributed by atoms with Crippen LogP contribution in [0.25, 0.3) is 0 Å². The van der Waals surface area contributed by atoms with E-state index in [4.69, 9.17) is 14.2 Å². The van der Waals surface area contributed by atoms with E-state index in [1.165, 1.54) is 0 Å². The molecule has 0 aliphatic rings. The zero-order valence-electron chi connectivity index (χ0n) is 15.7. The zero-order valence-corrected chi connectivity index (χ0v) is 15.7. The number of rotatable bonds is 6. The maximum Gasteiger partial charge on any atom is 0.414 e. The summed E-state index contributed by atoms with van der Waals surface area (Å²) >= 11 is 0. The van der Waals surface area contributed by atoms with Gasteiger partial charge in [-0.05, 0) is 57.2 Å². The van der Waals surface area contributed by atoms with Crippen molar-refractivity contribution >= 4 is 0 Å². The zero-order chi connectivity index (χ0) is 18.6. The maximum absolute atomic E-state index is 6.08. The van der Waals surface area contributed by atoms with Gasteiger partial charge in [0.05, 0.1) is 6.92 Å². The molecule has 0 aromatic heterocycles. The van der Waals surface area contributed by atoms with Crippen LogP contribution in [0.2, 0.25) is 0 Å². The first-order valence-electron chi connectivity index (χ1n) is 8.69. The first kappa shape index (κ1) is 17.9. The van der Waals surface area contributed by atoms with Crippen molar-refractivity contribution in [1.82, 2.24) is 0 Å². The molecule has 0 aliphatic carbocycles. The predicted octanol–water partition coefficient (Wildman–Crippen LogP) is 5.82. The van der Waals surface area contributed by atoms with E-state index in [-0.39, 0.29) is 0 Å². The van der Waals surface area contributed by atoms with Crippen molar-refractivity contribution in [3.8, 4) is 17.2 Å². The maximum atomic E-state index is 6.08. The fourth-order valence-corrected chi connectivity index (χ4v) is 2.52. The van der Waals surface area contributed by atoms with Gasteiger partial charge in [-0.2, -0.15) is 0 Å². The van der Waals surface area contributed by atoms with E-state index < -0.39 is 5.97 Å². The second-order valence-electron chi connectivity index (χ2n) is 6.61. The topological polar surface area (TPSA) is 27.7 Å². The van der Waals surface area contributed by atoms with Crippen molar-refractivity contribution in [2.75, 3.05) is 0 Å². The van der Waals surface area contributed by atoms with E-state index in [2.05, 4.69) is 0 Å². The van der Waals surface area contributed by atoms with Gasteiger partial charge >= 0.3 is 5.97 Å². The summed E-state index contributed by atoms with van der Waals surface area (Å²) in [4.78, 5) is 0. The van der Waals surface area contributed by atoms with Gasteiger partial charge in [0.25, 0.3) is 0 Å². The van der Waals surface area contributed by atoms with Crippen LogP contribution in [0.5, 0.6) is 17.2 Å². The first-order valence-corrected chi connectivity index (χ1v) is 8.69. The minimum Gasteiger partial charge on any atom is -0.421 e. The Hall–Kier alpha value is -2.94. The smallest absolute Gasteiger partial charge is 0.414 e. The lowest BCUT2D eigenvalue weighted by molar-refractivity contribution is -0.238. The summed E-state index contributed by atoms with van der Waals surface area (Å²) in [6.07, 6.45) is 0. The van der Waals surface area contributed by atoms with Crippen LogP contribution >= 0.6 is 0 Å². The number of ether oxygens (including phenoxy) is 3. The van der Waals surface area contributed by atoms with Crippen molar-refractivity contribution in [3.05, 3.63) is 89.5 Å². The molecule has 0 spiro atoms. The summed E-state index contributed by atoms with van der Waals surface area (Å²) in [5.74, 6) is 0.728. The average molecular weight is 348 g/mol. The van der Waals surface area contributed by atoms with Crippen LogP contribution in [0.15, 0.2) is 72.8 Å². The molecule has 0 amide bonds. The van der Waals surface area contributed by atoms with Gasteiger partial charge < -0.3 is 14.2 Å². The Morgan fingerprint density at radius 3 is 0.923 bits per heavy atom. The fraction of sp³-hybridized carbons (Fsp3) is 0.217. The molecule has 3 rings (SSSR count). The highest BCUT2D eigenvalue weighted by molar-refractivity contribution is 5.30. The van der Waals surface area contributed by atoms with Crippen LogP contribution in [0.1, 0.15) is 23.6 Å². The predicted molar refractivity (Wildman–Crippen MR) is 104 cm³/mol. The molecule has 26 heavy (non-hydrogen) atoms. The van der Waals surface area contributed by atoms with Crippen LogP contribution in [0.4, 0.5) is 0 Å². The van der Waals surface area contributed by atoms with Crippen molar-refractivity contribution in [3.63, 3.8) is 0 Å². The van der Waals surface area contributed by atoms with Crippen LogP contribution in [0, 0.1) is 20.8 Å². The van der Waals surface area contributed by atoms with Crippen molar-refractivity contribution in [2.24, 2.45) is 0 Å². The molecule has 3 nitrogen and oxygen atoms in total. The summed E-state index contributed by atoms with van der Waals surface area (Å²) in [5.41, 5.74) is 3.49. The van der Waals surface area contributed by atoms with Gasteiger partial charge in [0.1, 0.15) is 17.2 Å². The lowest BCUT2D eigenvalue weighted by Gasteiger charge is -2.31. The van der Waals surface area contributed by atoms with Gasteiger partial charge in [0.2, 0.25) is 0 Å². The molecule has 3 aromatic rings. The average Bonchev–Trinajstić information content (AvgIpc) is 2.61. The summed E-state index contributed by atoms with van der Waals surface area (Å²) in [7, 11) is 0. The Kier molecular flexibility index (Phi) is 5.17. The molecule has 0 aliphatic heterocycles. The Morgan fingerprint density at radius 2 is 0.692 bits per heavy atom. The minimum absolute atomic E-state index is 0.678. The van der Waals surface area contributed by atoms with Gasteiger partial charge in [-0.15, -0.1) is 0 Å². The normalized spacial score (nSPS) is 11.1. The lowest BCUT2D eigenvalue weighted by Crippen LogP contribution is -2.45. The second-order valence-corrected chi connectivity index (χ2v) is 6.61. The van der Waals surface area contributed by atoms with E-state index in [0.717, 1.165) is 16.7 Å². The lowest BCUT2D eigenvalue weighted by atomic mass is 10.2. The molecule has 0 saturated heterocycles. The van der Waals surface area contributed by atoms with Crippen molar-refractivity contribution in [1.29, 1.82) is 0 Å². The molecule has 0 radical (unpaired) electrons. The van der Waals surface area contributed by atoms with Crippen LogP contribution in [0.3, 0.4) is 0 Å². The minimum atomic E-state index is -1.31. The molecule has 0 fully saturated rings. The molecule has 3 aromatic carbocycles. The number of aryl methyl sites for hydroxylation is 3. The third-order valence-electron chi connectivity index (χ3n) is 3.97. The van der Waals surface area contributed by atoms with E-state index in [1.54, 1.807) is 6.92 Å². The Morgan fingerprint density at radius 1 is 0.462 bits per heavy atom. The first-order chi connectivity index (χ1) is 12.4. The summed E-state index contributed by atoms with van der Waals surface area (Å²) in [5, 5.41) is 0. The standard InChI is InChI=1S/C23H24O3/c1-17-5-11-20(12-6-17)24-23(4,25-21-13-7-18(2)8-14-21)26-22-15-9-19(3)10-16-22/h5-16H,1-4H3. The Bertz CT molecular complexity index is 718. The SMILES string of the molecule is Cc1ccc(OC(C)(Oc2ccc(C)cc2)Oc2ccc(C)cc2)cc1. The van der Waals surface area contributed by atoms with Crippen LogP contribution in [-0.2, 0) is 0 Å². The van der Waals surface area contributed by atoms with Gasteiger partial charge in [0.15, 0.2) is 0 Å². The molecule has 134 valence electrons. The molecule has 0 saturated carbocycles. The number of hydrogen-bond acceptors (Lipinski definition) is 3. The molecule has 0 N–H and O–H groups in total.